The maximum Gasteiger partial charge on any atom is 0.335 e. The van der Waals surface area contributed by atoms with Crippen molar-refractivity contribution in [3.63, 3.8) is 0 Å². The number of hydrogen-bond acceptors (Lipinski definition) is 5. The molecular weight excluding hydrogens is 348 g/mol. The number of carbonyl (C=O) groups is 2. The average molecular weight is 370 g/mol. The predicted octanol–water partition coefficient (Wildman–Crippen LogP) is 2.52. The van der Waals surface area contributed by atoms with Gasteiger partial charge in [-0.25, -0.2) is 14.2 Å². The molecule has 0 saturated carbocycles. The second-order valence-electron chi connectivity index (χ2n) is 6.16. The third-order valence-corrected chi connectivity index (χ3v) is 3.91. The number of ether oxygens (including phenoxy) is 1. The van der Waals surface area contributed by atoms with Crippen LogP contribution in [0.15, 0.2) is 58.3 Å². The van der Waals surface area contributed by atoms with Gasteiger partial charge in [0.05, 0.1) is 12.2 Å². The van der Waals surface area contributed by atoms with E-state index in [4.69, 9.17) is 4.74 Å². The van der Waals surface area contributed by atoms with E-state index in [1.165, 1.54) is 6.20 Å². The van der Waals surface area contributed by atoms with Gasteiger partial charge in [-0.05, 0) is 31.7 Å². The van der Waals surface area contributed by atoms with Crippen molar-refractivity contribution in [3.05, 3.63) is 69.5 Å². The van der Waals surface area contributed by atoms with E-state index in [-0.39, 0.29) is 18.6 Å². The fourth-order valence-electron chi connectivity index (χ4n) is 2.44. The molecule has 0 aliphatic rings. The molecule has 0 unspecified atom stereocenters. The first kappa shape index (κ1) is 20.1. The van der Waals surface area contributed by atoms with E-state index >= 15 is 0 Å². The van der Waals surface area contributed by atoms with Gasteiger partial charge in [0.15, 0.2) is 0 Å². The molecule has 1 heterocycles. The highest BCUT2D eigenvalue weighted by Gasteiger charge is 2.12. The number of unbranched alkanes of at least 4 members (excludes halogenated alkanes) is 2. The summed E-state index contributed by atoms with van der Waals surface area (Å²) >= 11 is 0. The van der Waals surface area contributed by atoms with E-state index in [2.05, 4.69) is 11.6 Å². The van der Waals surface area contributed by atoms with Gasteiger partial charge in [0.1, 0.15) is 0 Å². The SMILES string of the molecule is C=C(C)C(=O)OCCCCCC(=O)n1cc(-c2ccccc2)c(=O)[nH]c1=O. The van der Waals surface area contributed by atoms with Crippen LogP contribution in [-0.4, -0.2) is 28.0 Å². The molecule has 7 nitrogen and oxygen atoms in total. The molecule has 0 radical (unpaired) electrons. The molecule has 27 heavy (non-hydrogen) atoms. The monoisotopic (exact) mass is 370 g/mol. The van der Waals surface area contributed by atoms with Crippen molar-refractivity contribution in [1.29, 1.82) is 0 Å². The number of aromatic amines is 1. The molecule has 1 aromatic heterocycles. The lowest BCUT2D eigenvalue weighted by Gasteiger charge is -2.07. The summed E-state index contributed by atoms with van der Waals surface area (Å²) in [6.07, 6.45) is 3.25. The van der Waals surface area contributed by atoms with Crippen LogP contribution in [0.4, 0.5) is 0 Å². The van der Waals surface area contributed by atoms with Crippen LogP contribution in [-0.2, 0) is 9.53 Å². The van der Waals surface area contributed by atoms with Gasteiger partial charge in [0.2, 0.25) is 5.91 Å². The molecule has 0 atom stereocenters. The Hall–Kier alpha value is -3.22. The van der Waals surface area contributed by atoms with Crippen molar-refractivity contribution in [2.45, 2.75) is 32.6 Å². The van der Waals surface area contributed by atoms with Gasteiger partial charge in [-0.1, -0.05) is 36.9 Å². The second-order valence-corrected chi connectivity index (χ2v) is 6.16. The minimum absolute atomic E-state index is 0.147. The molecule has 0 aliphatic carbocycles. The van der Waals surface area contributed by atoms with Crippen LogP contribution < -0.4 is 11.2 Å². The Morgan fingerprint density at radius 3 is 2.48 bits per heavy atom. The van der Waals surface area contributed by atoms with Crippen LogP contribution in [0, 0.1) is 0 Å². The zero-order valence-electron chi connectivity index (χ0n) is 15.2. The van der Waals surface area contributed by atoms with Gasteiger partial charge in [-0.3, -0.25) is 14.6 Å². The van der Waals surface area contributed by atoms with E-state index in [0.29, 0.717) is 30.4 Å². The van der Waals surface area contributed by atoms with E-state index < -0.39 is 23.1 Å². The molecular formula is C20H22N2O5. The topological polar surface area (TPSA) is 98.2 Å². The summed E-state index contributed by atoms with van der Waals surface area (Å²) in [4.78, 5) is 49.7. The maximum atomic E-state index is 12.3. The Bertz CT molecular complexity index is 941. The number of rotatable bonds is 8. The van der Waals surface area contributed by atoms with Crippen LogP contribution in [0.25, 0.3) is 11.1 Å². The lowest BCUT2D eigenvalue weighted by Crippen LogP contribution is -2.34. The van der Waals surface area contributed by atoms with Gasteiger partial charge in [-0.2, -0.15) is 0 Å². The molecule has 2 rings (SSSR count). The molecule has 7 heteroatoms. The zero-order valence-corrected chi connectivity index (χ0v) is 15.2. The smallest absolute Gasteiger partial charge is 0.335 e. The fraction of sp³-hybridized carbons (Fsp3) is 0.300. The number of H-pyrrole nitrogens is 1. The number of nitrogens with one attached hydrogen (secondary N) is 1. The summed E-state index contributed by atoms with van der Waals surface area (Å²) in [6, 6.07) is 8.82. The van der Waals surface area contributed by atoms with E-state index in [9.17, 15) is 19.2 Å². The first-order chi connectivity index (χ1) is 12.9. The van der Waals surface area contributed by atoms with Crippen LogP contribution in [0.5, 0.6) is 0 Å². The fourth-order valence-corrected chi connectivity index (χ4v) is 2.44. The average Bonchev–Trinajstić information content (AvgIpc) is 2.64. The Kier molecular flexibility index (Phi) is 7.05. The normalized spacial score (nSPS) is 10.4. The number of nitrogens with zero attached hydrogens (tertiary/aromatic N) is 1. The third-order valence-electron chi connectivity index (χ3n) is 3.91. The van der Waals surface area contributed by atoms with Crippen molar-refractivity contribution < 1.29 is 14.3 Å². The first-order valence-electron chi connectivity index (χ1n) is 8.67. The Morgan fingerprint density at radius 1 is 1.11 bits per heavy atom. The Morgan fingerprint density at radius 2 is 1.81 bits per heavy atom. The minimum Gasteiger partial charge on any atom is -0.462 e. The molecule has 0 aliphatic heterocycles. The summed E-state index contributed by atoms with van der Waals surface area (Å²) in [6.45, 7) is 5.33. The van der Waals surface area contributed by atoms with E-state index in [0.717, 1.165) is 4.57 Å². The second kappa shape index (κ2) is 9.47. The lowest BCUT2D eigenvalue weighted by atomic mass is 10.1. The Labute approximate surface area is 156 Å². The molecule has 1 N–H and O–H groups in total. The van der Waals surface area contributed by atoms with Crippen molar-refractivity contribution in [1.82, 2.24) is 9.55 Å². The van der Waals surface area contributed by atoms with Gasteiger partial charge < -0.3 is 4.74 Å². The highest BCUT2D eigenvalue weighted by molar-refractivity contribution is 5.86. The van der Waals surface area contributed by atoms with Crippen molar-refractivity contribution >= 4 is 11.9 Å². The molecule has 0 bridgehead atoms. The maximum absolute atomic E-state index is 12.3. The summed E-state index contributed by atoms with van der Waals surface area (Å²) in [5, 5.41) is 0. The Balaban J connectivity index is 1.95. The van der Waals surface area contributed by atoms with Crippen molar-refractivity contribution in [3.8, 4) is 11.1 Å². The lowest BCUT2D eigenvalue weighted by molar-refractivity contribution is -0.139. The van der Waals surface area contributed by atoms with Gasteiger partial charge in [0, 0.05) is 18.2 Å². The summed E-state index contributed by atoms with van der Waals surface area (Å²) in [7, 11) is 0. The van der Waals surface area contributed by atoms with Crippen LogP contribution >= 0.6 is 0 Å². The summed E-state index contributed by atoms with van der Waals surface area (Å²) in [5.74, 6) is -0.827. The standard InChI is InChI=1S/C20H22N2O5/c1-14(2)19(25)27-12-8-4-7-11-17(23)22-13-16(18(24)21-20(22)26)15-9-5-3-6-10-15/h3,5-6,9-10,13H,1,4,7-8,11-12H2,2H3,(H,21,24,26). The number of esters is 1. The minimum atomic E-state index is -0.750. The quantitative estimate of drug-likeness (QED) is 0.437. The number of hydrogen-bond donors (Lipinski definition) is 1. The van der Waals surface area contributed by atoms with Crippen LogP contribution in [0.3, 0.4) is 0 Å². The van der Waals surface area contributed by atoms with Crippen LogP contribution in [0.1, 0.15) is 37.4 Å². The highest BCUT2D eigenvalue weighted by Crippen LogP contribution is 2.13. The highest BCUT2D eigenvalue weighted by atomic mass is 16.5. The number of carbonyl (C=O) groups excluding carboxylic acids is 2. The zero-order chi connectivity index (χ0) is 19.8. The molecule has 0 amide bonds. The summed E-state index contributed by atoms with van der Waals surface area (Å²) in [5.41, 5.74) is -0.0543. The van der Waals surface area contributed by atoms with Gasteiger partial charge >= 0.3 is 11.7 Å². The van der Waals surface area contributed by atoms with Crippen molar-refractivity contribution in [2.24, 2.45) is 0 Å². The molecule has 0 spiro atoms. The molecule has 2 aromatic rings. The molecule has 142 valence electrons. The van der Waals surface area contributed by atoms with Gasteiger partial charge in [0.25, 0.3) is 5.56 Å². The molecule has 1 aromatic carbocycles. The number of benzene rings is 1. The first-order valence-corrected chi connectivity index (χ1v) is 8.67. The van der Waals surface area contributed by atoms with Gasteiger partial charge in [-0.15, -0.1) is 0 Å². The molecule has 0 fully saturated rings. The van der Waals surface area contributed by atoms with E-state index in [1.54, 1.807) is 31.2 Å². The number of aromatic nitrogens is 2. The third kappa shape index (κ3) is 5.64. The largest absolute Gasteiger partial charge is 0.462 e. The van der Waals surface area contributed by atoms with Crippen LogP contribution in [0.2, 0.25) is 0 Å². The van der Waals surface area contributed by atoms with E-state index in [1.807, 2.05) is 6.07 Å². The summed E-state index contributed by atoms with van der Waals surface area (Å²) < 4.78 is 5.91. The van der Waals surface area contributed by atoms with Crippen molar-refractivity contribution in [2.75, 3.05) is 6.61 Å². The predicted molar refractivity (Wildman–Crippen MR) is 102 cm³/mol. The molecule has 0 saturated heterocycles.